The lowest BCUT2D eigenvalue weighted by atomic mass is 10.5. The van der Waals surface area contributed by atoms with Gasteiger partial charge in [0.25, 0.3) is 0 Å². The third-order valence-corrected chi connectivity index (χ3v) is 2.08. The molecule has 0 aromatic carbocycles. The van der Waals surface area contributed by atoms with Crippen molar-refractivity contribution >= 4 is 8.03 Å². The van der Waals surface area contributed by atoms with E-state index in [1.165, 1.54) is 0 Å². The van der Waals surface area contributed by atoms with Crippen LogP contribution in [0.4, 0.5) is 0 Å². The van der Waals surface area contributed by atoms with Gasteiger partial charge in [0, 0.05) is 6.16 Å². The first-order chi connectivity index (χ1) is 2.89. The highest BCUT2D eigenvalue weighted by Gasteiger charge is 2.05. The third kappa shape index (κ3) is 0.825. The molecule has 1 aliphatic rings. The van der Waals surface area contributed by atoms with Gasteiger partial charge in [0.1, 0.15) is 0 Å². The Balaban J connectivity index is 2.37. The smallest absolute Gasteiger partial charge is 0.191 e. The number of hydrogen-bond donors (Lipinski definition) is 0. The summed E-state index contributed by atoms with van der Waals surface area (Å²) in [5, 5.41) is 0. The molecule has 0 aromatic rings. The van der Waals surface area contributed by atoms with Crippen LogP contribution >= 0.6 is 8.03 Å². The Kier molecular flexibility index (Phi) is 1.28. The van der Waals surface area contributed by atoms with Crippen LogP contribution in [0, 0.1) is 0 Å². The lowest BCUT2D eigenvalue weighted by Gasteiger charge is -1.79. The van der Waals surface area contributed by atoms with Crippen LogP contribution < -0.4 is 0 Å². The summed E-state index contributed by atoms with van der Waals surface area (Å²) in [6, 6.07) is 0. The Morgan fingerprint density at radius 2 is 2.50 bits per heavy atom. The van der Waals surface area contributed by atoms with Gasteiger partial charge in [-0.1, -0.05) is 0 Å². The van der Waals surface area contributed by atoms with Crippen molar-refractivity contribution in [3.05, 3.63) is 0 Å². The summed E-state index contributed by atoms with van der Waals surface area (Å²) < 4.78 is 14.9. The summed E-state index contributed by atoms with van der Waals surface area (Å²) in [7, 11) is -1.51. The van der Waals surface area contributed by atoms with Crippen molar-refractivity contribution < 1.29 is 9.09 Å². The molecule has 1 saturated heterocycles. The fourth-order valence-corrected chi connectivity index (χ4v) is 1.42. The molecule has 0 radical (unpaired) electrons. The molecule has 1 rings (SSSR count). The van der Waals surface area contributed by atoms with Crippen LogP contribution in [-0.4, -0.2) is 12.8 Å². The van der Waals surface area contributed by atoms with E-state index in [-0.39, 0.29) is 0 Å². The van der Waals surface area contributed by atoms with Crippen LogP contribution in [0.5, 0.6) is 0 Å². The number of hydrogen-bond acceptors (Lipinski definition) is 2. The summed E-state index contributed by atoms with van der Waals surface area (Å²) >= 11 is 0. The van der Waals surface area contributed by atoms with Gasteiger partial charge in [0.05, 0.1) is 6.61 Å². The van der Waals surface area contributed by atoms with E-state index in [1.54, 1.807) is 0 Å². The van der Waals surface area contributed by atoms with E-state index in [2.05, 4.69) is 0 Å². The van der Waals surface area contributed by atoms with E-state index < -0.39 is 8.03 Å². The zero-order chi connectivity index (χ0) is 4.41. The molecule has 0 spiro atoms. The second-order valence-electron chi connectivity index (χ2n) is 1.32. The maximum absolute atomic E-state index is 10.2. The van der Waals surface area contributed by atoms with Gasteiger partial charge in [-0.25, -0.2) is 0 Å². The van der Waals surface area contributed by atoms with Crippen molar-refractivity contribution in [1.82, 2.24) is 0 Å². The topological polar surface area (TPSA) is 26.3 Å². The zero-order valence-electron chi connectivity index (χ0n) is 3.44. The van der Waals surface area contributed by atoms with Crippen LogP contribution in [0.25, 0.3) is 0 Å². The Labute approximate surface area is 37.4 Å². The maximum Gasteiger partial charge on any atom is 0.191 e. The molecule has 0 aliphatic carbocycles. The van der Waals surface area contributed by atoms with Crippen molar-refractivity contribution in [2.75, 3.05) is 12.8 Å². The summed E-state index contributed by atoms with van der Waals surface area (Å²) in [5.74, 6) is 0. The van der Waals surface area contributed by atoms with E-state index in [4.69, 9.17) is 4.52 Å². The van der Waals surface area contributed by atoms with Crippen LogP contribution in [0.15, 0.2) is 0 Å². The minimum atomic E-state index is -1.51. The van der Waals surface area contributed by atoms with Crippen LogP contribution in [0.3, 0.4) is 0 Å². The minimum Gasteiger partial charge on any atom is -0.330 e. The Morgan fingerprint density at radius 1 is 1.67 bits per heavy atom. The van der Waals surface area contributed by atoms with Gasteiger partial charge >= 0.3 is 0 Å². The second-order valence-corrected chi connectivity index (χ2v) is 2.86. The van der Waals surface area contributed by atoms with Gasteiger partial charge in [-0.15, -0.1) is 0 Å². The highest BCUT2D eigenvalue weighted by molar-refractivity contribution is 7.39. The molecule has 2 nitrogen and oxygen atoms in total. The van der Waals surface area contributed by atoms with Gasteiger partial charge in [-0.2, -0.15) is 0 Å². The first-order valence-corrected chi connectivity index (χ1v) is 3.57. The summed E-state index contributed by atoms with van der Waals surface area (Å²) in [6.45, 7) is 0.720. The van der Waals surface area contributed by atoms with E-state index in [0.29, 0.717) is 0 Å². The first-order valence-electron chi connectivity index (χ1n) is 2.05. The molecule has 6 heavy (non-hydrogen) atoms. The average molecular weight is 106 g/mol. The lowest BCUT2D eigenvalue weighted by Crippen LogP contribution is -1.69. The molecule has 1 unspecified atom stereocenters. The minimum absolute atomic E-state index is 0.720. The van der Waals surface area contributed by atoms with Crippen LogP contribution in [0.2, 0.25) is 0 Å². The molecule has 3 heteroatoms. The van der Waals surface area contributed by atoms with E-state index >= 15 is 0 Å². The molecule has 1 heterocycles. The predicted octanol–water partition coefficient (Wildman–Crippen LogP) is 0.881. The average Bonchev–Trinajstić information content (AvgIpc) is 1.86. The first kappa shape index (κ1) is 4.35. The number of rotatable bonds is 0. The molecular weight excluding hydrogens is 99.0 g/mol. The quantitative estimate of drug-likeness (QED) is 0.428. The van der Waals surface area contributed by atoms with E-state index in [1.807, 2.05) is 0 Å². The lowest BCUT2D eigenvalue weighted by molar-refractivity contribution is 0.365. The molecule has 0 amide bonds. The molecule has 36 valence electrons. The van der Waals surface area contributed by atoms with Crippen molar-refractivity contribution in [2.45, 2.75) is 6.42 Å². The summed E-state index contributed by atoms with van der Waals surface area (Å²) in [4.78, 5) is 0. The summed E-state index contributed by atoms with van der Waals surface area (Å²) in [6.07, 6.45) is 1.81. The highest BCUT2D eigenvalue weighted by Crippen LogP contribution is 2.28. The standard InChI is InChI=1S/C3H7O2P/c4-6-3-1-2-5-6/h6H,1-3H2. The van der Waals surface area contributed by atoms with Crippen LogP contribution in [0.1, 0.15) is 6.42 Å². The van der Waals surface area contributed by atoms with E-state index in [9.17, 15) is 4.57 Å². The summed E-state index contributed by atoms with van der Waals surface area (Å²) in [5.41, 5.74) is 0. The van der Waals surface area contributed by atoms with Gasteiger partial charge in [0.2, 0.25) is 0 Å². The van der Waals surface area contributed by atoms with Gasteiger partial charge in [-0.3, -0.25) is 4.57 Å². The Morgan fingerprint density at radius 3 is 2.67 bits per heavy atom. The molecule has 0 N–H and O–H groups in total. The molecule has 0 bridgehead atoms. The Hall–Kier alpha value is 0.190. The van der Waals surface area contributed by atoms with Gasteiger partial charge < -0.3 is 4.52 Å². The second kappa shape index (κ2) is 1.76. The van der Waals surface area contributed by atoms with Crippen molar-refractivity contribution in [2.24, 2.45) is 0 Å². The Bertz CT molecular complexity index is 63.2. The third-order valence-electron chi connectivity index (χ3n) is 0.788. The van der Waals surface area contributed by atoms with Crippen molar-refractivity contribution in [3.63, 3.8) is 0 Å². The fraction of sp³-hybridized carbons (Fsp3) is 1.00. The van der Waals surface area contributed by atoms with Gasteiger partial charge in [0.15, 0.2) is 8.03 Å². The SMILES string of the molecule is O=[PH]1CCCO1. The molecule has 1 aliphatic heterocycles. The largest absolute Gasteiger partial charge is 0.330 e. The highest BCUT2D eigenvalue weighted by atomic mass is 31.1. The monoisotopic (exact) mass is 106 g/mol. The maximum atomic E-state index is 10.2. The zero-order valence-corrected chi connectivity index (χ0v) is 4.44. The molecule has 0 saturated carbocycles. The molecule has 0 aromatic heterocycles. The van der Waals surface area contributed by atoms with E-state index in [0.717, 1.165) is 19.2 Å². The predicted molar refractivity (Wildman–Crippen MR) is 24.4 cm³/mol. The van der Waals surface area contributed by atoms with Crippen LogP contribution in [-0.2, 0) is 9.09 Å². The van der Waals surface area contributed by atoms with Gasteiger partial charge in [-0.05, 0) is 6.42 Å². The molecule has 1 fully saturated rings. The fourth-order valence-electron chi connectivity index (χ4n) is 0.475. The van der Waals surface area contributed by atoms with Crippen molar-refractivity contribution in [1.29, 1.82) is 0 Å². The van der Waals surface area contributed by atoms with Crippen molar-refractivity contribution in [3.8, 4) is 0 Å². The normalized spacial score (nSPS) is 34.3. The molecule has 1 atom stereocenters. The molecular formula is C3H7O2P.